The van der Waals surface area contributed by atoms with E-state index in [4.69, 9.17) is 0 Å². The highest BCUT2D eigenvalue weighted by Crippen LogP contribution is 2.64. The van der Waals surface area contributed by atoms with Crippen LogP contribution in [-0.2, 0) is 27.9 Å². The van der Waals surface area contributed by atoms with Crippen molar-refractivity contribution < 1.29 is 13.2 Å². The molecule has 0 amide bonds. The topological polar surface area (TPSA) is 93.9 Å². The fourth-order valence-electron chi connectivity index (χ4n) is 4.34. The zero-order valence-corrected chi connectivity index (χ0v) is 14.7. The standard InChI is InChI=1S/C15H24N4O3S/c1-4-19-10-16-18-13(19)8-17-23(21,22)9-15-6-5-11(7-12(15)20)14(15,2)3/h10-11,17H,4-9H2,1-3H3. The second-order valence-corrected chi connectivity index (χ2v) is 9.09. The minimum absolute atomic E-state index is 0.101. The van der Waals surface area contributed by atoms with Crippen molar-refractivity contribution in [2.75, 3.05) is 5.75 Å². The summed E-state index contributed by atoms with van der Waals surface area (Å²) in [5, 5.41) is 7.72. The van der Waals surface area contributed by atoms with Gasteiger partial charge in [-0.25, -0.2) is 13.1 Å². The van der Waals surface area contributed by atoms with E-state index in [-0.39, 0.29) is 23.5 Å². The molecule has 1 heterocycles. The van der Waals surface area contributed by atoms with Crippen molar-refractivity contribution in [3.63, 3.8) is 0 Å². The second kappa shape index (κ2) is 5.37. The van der Waals surface area contributed by atoms with Crippen molar-refractivity contribution in [1.82, 2.24) is 19.5 Å². The monoisotopic (exact) mass is 340 g/mol. The summed E-state index contributed by atoms with van der Waals surface area (Å²) >= 11 is 0. The summed E-state index contributed by atoms with van der Waals surface area (Å²) in [7, 11) is -3.57. The molecule has 0 saturated heterocycles. The molecule has 0 spiro atoms. The summed E-state index contributed by atoms with van der Waals surface area (Å²) in [5.41, 5.74) is -0.982. The minimum Gasteiger partial charge on any atom is -0.317 e. The van der Waals surface area contributed by atoms with Gasteiger partial charge >= 0.3 is 0 Å². The number of hydrogen-bond acceptors (Lipinski definition) is 5. The van der Waals surface area contributed by atoms with E-state index in [1.165, 1.54) is 0 Å². The lowest BCUT2D eigenvalue weighted by molar-refractivity contribution is -0.128. The molecule has 2 aliphatic carbocycles. The molecule has 23 heavy (non-hydrogen) atoms. The Balaban J connectivity index is 1.75. The maximum Gasteiger partial charge on any atom is 0.213 e. The third-order valence-electron chi connectivity index (χ3n) is 6.06. The van der Waals surface area contributed by atoms with Gasteiger partial charge in [0.1, 0.15) is 17.9 Å². The van der Waals surface area contributed by atoms with Crippen molar-refractivity contribution in [3.05, 3.63) is 12.2 Å². The van der Waals surface area contributed by atoms with E-state index in [2.05, 4.69) is 14.9 Å². The first-order valence-corrected chi connectivity index (χ1v) is 9.74. The van der Waals surface area contributed by atoms with Crippen LogP contribution in [0.15, 0.2) is 6.33 Å². The summed E-state index contributed by atoms with van der Waals surface area (Å²) in [6.45, 7) is 6.81. The Bertz CT molecular complexity index is 725. The fourth-order valence-corrected chi connectivity index (χ4v) is 6.12. The molecule has 0 aromatic carbocycles. The number of aromatic nitrogens is 3. The summed E-state index contributed by atoms with van der Waals surface area (Å²) in [4.78, 5) is 12.5. The molecular formula is C15H24N4O3S. The van der Waals surface area contributed by atoms with Crippen LogP contribution in [-0.4, -0.2) is 34.7 Å². The predicted octanol–water partition coefficient (Wildman–Crippen LogP) is 1.11. The van der Waals surface area contributed by atoms with E-state index < -0.39 is 15.4 Å². The molecule has 1 aromatic heterocycles. The third-order valence-corrected chi connectivity index (χ3v) is 7.52. The molecule has 2 atom stereocenters. The zero-order chi connectivity index (χ0) is 16.9. The molecular weight excluding hydrogens is 316 g/mol. The molecule has 3 rings (SSSR count). The predicted molar refractivity (Wildman–Crippen MR) is 84.9 cm³/mol. The highest BCUT2D eigenvalue weighted by Gasteiger charge is 2.65. The highest BCUT2D eigenvalue weighted by molar-refractivity contribution is 7.89. The van der Waals surface area contributed by atoms with Gasteiger partial charge in [-0.15, -0.1) is 10.2 Å². The highest BCUT2D eigenvalue weighted by atomic mass is 32.2. The zero-order valence-electron chi connectivity index (χ0n) is 13.9. The van der Waals surface area contributed by atoms with Crippen LogP contribution in [0.5, 0.6) is 0 Å². The Labute approximate surface area is 136 Å². The first-order chi connectivity index (χ1) is 10.7. The van der Waals surface area contributed by atoms with Crippen molar-refractivity contribution in [2.24, 2.45) is 16.7 Å². The van der Waals surface area contributed by atoms with Crippen LogP contribution in [0.3, 0.4) is 0 Å². The van der Waals surface area contributed by atoms with Gasteiger partial charge in [0.05, 0.1) is 12.3 Å². The second-order valence-electron chi connectivity index (χ2n) is 7.28. The van der Waals surface area contributed by atoms with Crippen LogP contribution in [0, 0.1) is 16.7 Å². The molecule has 2 bridgehead atoms. The first-order valence-electron chi connectivity index (χ1n) is 8.09. The summed E-state index contributed by atoms with van der Waals surface area (Å²) < 4.78 is 29.5. The number of rotatable bonds is 6. The number of Topliss-reactive ketones (excluding diaryl/α,β-unsaturated/α-hetero) is 1. The number of fused-ring (bicyclic) bond motifs is 2. The molecule has 2 saturated carbocycles. The maximum absolute atomic E-state index is 12.6. The summed E-state index contributed by atoms with van der Waals surface area (Å²) in [5.74, 6) is 0.881. The van der Waals surface area contributed by atoms with E-state index in [1.807, 2.05) is 20.8 Å². The van der Waals surface area contributed by atoms with E-state index in [1.54, 1.807) is 10.9 Å². The van der Waals surface area contributed by atoms with Crippen LogP contribution >= 0.6 is 0 Å². The van der Waals surface area contributed by atoms with Crippen molar-refractivity contribution in [2.45, 2.75) is 53.1 Å². The van der Waals surface area contributed by atoms with Crippen LogP contribution in [0.1, 0.15) is 45.9 Å². The molecule has 1 aromatic rings. The number of aryl methyl sites for hydroxylation is 1. The molecule has 2 unspecified atom stereocenters. The third kappa shape index (κ3) is 2.52. The number of hydrogen-bond donors (Lipinski definition) is 1. The first kappa shape index (κ1) is 16.6. The van der Waals surface area contributed by atoms with Crippen molar-refractivity contribution >= 4 is 15.8 Å². The number of carbonyl (C=O) groups is 1. The van der Waals surface area contributed by atoms with Crippen LogP contribution in [0.2, 0.25) is 0 Å². The molecule has 2 aliphatic rings. The summed E-state index contributed by atoms with van der Waals surface area (Å²) in [6, 6.07) is 0. The largest absolute Gasteiger partial charge is 0.317 e. The lowest BCUT2D eigenvalue weighted by Crippen LogP contribution is -2.45. The Morgan fingerprint density at radius 3 is 2.74 bits per heavy atom. The minimum atomic E-state index is -3.57. The Morgan fingerprint density at radius 1 is 1.43 bits per heavy atom. The number of nitrogens with zero attached hydrogens (tertiary/aromatic N) is 3. The number of nitrogens with one attached hydrogen (secondary N) is 1. The molecule has 128 valence electrons. The molecule has 1 N–H and O–H groups in total. The Morgan fingerprint density at radius 2 is 2.17 bits per heavy atom. The Kier molecular flexibility index (Phi) is 3.87. The molecule has 7 nitrogen and oxygen atoms in total. The van der Waals surface area contributed by atoms with E-state index in [9.17, 15) is 13.2 Å². The molecule has 0 aliphatic heterocycles. The van der Waals surface area contributed by atoms with Gasteiger partial charge in [0.2, 0.25) is 10.0 Å². The van der Waals surface area contributed by atoms with Crippen molar-refractivity contribution in [3.8, 4) is 0 Å². The van der Waals surface area contributed by atoms with E-state index in [0.29, 0.717) is 31.1 Å². The van der Waals surface area contributed by atoms with Gasteiger partial charge in [-0.3, -0.25) is 4.79 Å². The summed E-state index contributed by atoms with van der Waals surface area (Å²) in [6.07, 6.45) is 3.72. The lowest BCUT2D eigenvalue weighted by Gasteiger charge is -2.36. The van der Waals surface area contributed by atoms with E-state index in [0.717, 1.165) is 6.42 Å². The number of carbonyl (C=O) groups excluding carboxylic acids is 1. The van der Waals surface area contributed by atoms with Gasteiger partial charge in [-0.05, 0) is 31.1 Å². The average Bonchev–Trinajstić information content (AvgIpc) is 3.07. The Hall–Kier alpha value is -1.28. The van der Waals surface area contributed by atoms with Crippen LogP contribution in [0.25, 0.3) is 0 Å². The van der Waals surface area contributed by atoms with E-state index >= 15 is 0 Å². The van der Waals surface area contributed by atoms with Gasteiger partial charge in [-0.1, -0.05) is 13.8 Å². The average molecular weight is 340 g/mol. The maximum atomic E-state index is 12.6. The quantitative estimate of drug-likeness (QED) is 0.837. The van der Waals surface area contributed by atoms with Gasteiger partial charge < -0.3 is 4.57 Å². The van der Waals surface area contributed by atoms with Crippen molar-refractivity contribution in [1.29, 1.82) is 0 Å². The molecule has 8 heteroatoms. The SMILES string of the molecule is CCn1cnnc1CNS(=O)(=O)CC12CCC(CC1=O)C2(C)C. The van der Waals surface area contributed by atoms with Gasteiger partial charge in [0.25, 0.3) is 0 Å². The normalized spacial score (nSPS) is 29.3. The lowest BCUT2D eigenvalue weighted by atomic mass is 9.70. The van der Waals surface area contributed by atoms with Gasteiger partial charge in [0.15, 0.2) is 0 Å². The number of sulfonamides is 1. The van der Waals surface area contributed by atoms with Crippen LogP contribution in [0.4, 0.5) is 0 Å². The molecule has 0 radical (unpaired) electrons. The van der Waals surface area contributed by atoms with Crippen LogP contribution < -0.4 is 4.72 Å². The smallest absolute Gasteiger partial charge is 0.213 e. The molecule has 2 fully saturated rings. The van der Waals surface area contributed by atoms with Gasteiger partial charge in [0, 0.05) is 18.4 Å². The van der Waals surface area contributed by atoms with Gasteiger partial charge in [-0.2, -0.15) is 0 Å². The fraction of sp³-hybridized carbons (Fsp3) is 0.800. The number of ketones is 1.